The van der Waals surface area contributed by atoms with Gasteiger partial charge in [0.15, 0.2) is 5.96 Å². The van der Waals surface area contributed by atoms with Gasteiger partial charge in [-0.2, -0.15) is 5.10 Å². The van der Waals surface area contributed by atoms with E-state index in [2.05, 4.69) is 25.7 Å². The number of likely N-dealkylation sites (N-methyl/N-ethyl adjacent to an activating group) is 1. The summed E-state index contributed by atoms with van der Waals surface area (Å²) in [5.41, 5.74) is 0. The standard InChI is InChI=1S/C17H29N7O2.HI/c1-12-20-15-7-6-13(11-24(15)22-12)21-17(19-10-16(25)23(2)3)18-9-14-5-4-8-26-14;/h13-14H,4-11H2,1-3H3,(H2,18,19,21);1H. The fourth-order valence-electron chi connectivity index (χ4n) is 3.20. The van der Waals surface area contributed by atoms with Gasteiger partial charge in [-0.25, -0.2) is 14.7 Å². The number of nitrogens with zero attached hydrogens (tertiary/aromatic N) is 5. The Hall–Kier alpha value is -1.43. The summed E-state index contributed by atoms with van der Waals surface area (Å²) < 4.78 is 7.62. The summed E-state index contributed by atoms with van der Waals surface area (Å²) in [4.78, 5) is 22.3. The fourth-order valence-corrected chi connectivity index (χ4v) is 3.20. The molecule has 10 heteroatoms. The maximum absolute atomic E-state index is 11.9. The Morgan fingerprint density at radius 2 is 2.22 bits per heavy atom. The predicted octanol–water partition coefficient (Wildman–Crippen LogP) is 0.322. The number of hydrogen-bond donors (Lipinski definition) is 2. The van der Waals surface area contributed by atoms with E-state index >= 15 is 0 Å². The van der Waals surface area contributed by atoms with Crippen LogP contribution < -0.4 is 10.6 Å². The summed E-state index contributed by atoms with van der Waals surface area (Å²) in [5.74, 6) is 2.47. The van der Waals surface area contributed by atoms with Crippen LogP contribution in [0.15, 0.2) is 4.99 Å². The number of carbonyl (C=O) groups excluding carboxylic acids is 1. The lowest BCUT2D eigenvalue weighted by molar-refractivity contribution is -0.127. The number of halogens is 1. The average molecular weight is 491 g/mol. The zero-order valence-electron chi connectivity index (χ0n) is 16.3. The van der Waals surface area contributed by atoms with E-state index in [0.29, 0.717) is 12.5 Å². The predicted molar refractivity (Wildman–Crippen MR) is 113 cm³/mol. The number of guanidine groups is 1. The smallest absolute Gasteiger partial charge is 0.243 e. The van der Waals surface area contributed by atoms with Gasteiger partial charge in [-0.15, -0.1) is 24.0 Å². The molecule has 1 amide bonds. The van der Waals surface area contributed by atoms with Gasteiger partial charge in [0.05, 0.1) is 12.6 Å². The largest absolute Gasteiger partial charge is 0.376 e. The summed E-state index contributed by atoms with van der Waals surface area (Å²) in [7, 11) is 3.47. The minimum absolute atomic E-state index is 0. The van der Waals surface area contributed by atoms with E-state index in [1.54, 1.807) is 19.0 Å². The highest BCUT2D eigenvalue weighted by Gasteiger charge is 2.22. The molecule has 1 aromatic rings. The Kier molecular flexibility index (Phi) is 8.27. The minimum atomic E-state index is -0.0268. The SMILES string of the molecule is Cc1nc2n(n1)CC(NC(=NCC(=O)N(C)C)NCC1CCCO1)CC2.I. The normalized spacial score (nSPS) is 22.0. The molecule has 2 aliphatic heterocycles. The van der Waals surface area contributed by atoms with Gasteiger partial charge in [0.2, 0.25) is 5.91 Å². The number of carbonyl (C=O) groups is 1. The van der Waals surface area contributed by atoms with Crippen molar-refractivity contribution in [1.82, 2.24) is 30.3 Å². The van der Waals surface area contributed by atoms with Crippen LogP contribution in [-0.4, -0.2) is 77.5 Å². The molecular formula is C17H30IN7O2. The number of hydrogen-bond acceptors (Lipinski definition) is 5. The highest BCUT2D eigenvalue weighted by atomic mass is 127. The molecule has 0 bridgehead atoms. The van der Waals surface area contributed by atoms with Crippen molar-refractivity contribution in [2.45, 2.75) is 51.3 Å². The van der Waals surface area contributed by atoms with Crippen LogP contribution >= 0.6 is 24.0 Å². The molecular weight excluding hydrogens is 461 g/mol. The van der Waals surface area contributed by atoms with Crippen LogP contribution in [0.4, 0.5) is 0 Å². The molecule has 0 aliphatic carbocycles. The monoisotopic (exact) mass is 491 g/mol. The molecule has 27 heavy (non-hydrogen) atoms. The number of aliphatic imine (C=N–C) groups is 1. The molecule has 2 unspecified atom stereocenters. The molecule has 1 fully saturated rings. The summed E-state index contributed by atoms with van der Waals surface area (Å²) in [6.45, 7) is 4.30. The second-order valence-corrected chi connectivity index (χ2v) is 7.11. The number of nitrogens with one attached hydrogen (secondary N) is 2. The van der Waals surface area contributed by atoms with Crippen molar-refractivity contribution in [3.8, 4) is 0 Å². The van der Waals surface area contributed by atoms with Gasteiger partial charge in [-0.1, -0.05) is 0 Å². The topological polar surface area (TPSA) is 96.7 Å². The van der Waals surface area contributed by atoms with Gasteiger partial charge in [0.1, 0.15) is 18.2 Å². The lowest BCUT2D eigenvalue weighted by atomic mass is 10.1. The van der Waals surface area contributed by atoms with Crippen molar-refractivity contribution in [2.75, 3.05) is 33.8 Å². The fraction of sp³-hybridized carbons (Fsp3) is 0.765. The van der Waals surface area contributed by atoms with E-state index in [0.717, 1.165) is 50.5 Å². The van der Waals surface area contributed by atoms with Crippen LogP contribution in [0.2, 0.25) is 0 Å². The molecule has 3 rings (SSSR count). The molecule has 2 atom stereocenters. The maximum Gasteiger partial charge on any atom is 0.243 e. The Morgan fingerprint density at radius 3 is 2.93 bits per heavy atom. The van der Waals surface area contributed by atoms with Crippen molar-refractivity contribution >= 4 is 35.8 Å². The van der Waals surface area contributed by atoms with Crippen molar-refractivity contribution in [3.05, 3.63) is 11.6 Å². The van der Waals surface area contributed by atoms with E-state index in [4.69, 9.17) is 4.74 Å². The van der Waals surface area contributed by atoms with Crippen LogP contribution in [0.5, 0.6) is 0 Å². The first-order valence-corrected chi connectivity index (χ1v) is 9.28. The van der Waals surface area contributed by atoms with Crippen LogP contribution in [0.25, 0.3) is 0 Å². The lowest BCUT2D eigenvalue weighted by Crippen LogP contribution is -2.49. The molecule has 3 heterocycles. The second kappa shape index (κ2) is 10.2. The minimum Gasteiger partial charge on any atom is -0.376 e. The first kappa shape index (κ1) is 21.9. The molecule has 1 saturated heterocycles. The average Bonchev–Trinajstić information content (AvgIpc) is 3.24. The Labute approximate surface area is 177 Å². The quantitative estimate of drug-likeness (QED) is 0.350. The van der Waals surface area contributed by atoms with Crippen molar-refractivity contribution < 1.29 is 9.53 Å². The number of fused-ring (bicyclic) bond motifs is 1. The first-order chi connectivity index (χ1) is 12.5. The highest BCUT2D eigenvalue weighted by Crippen LogP contribution is 2.13. The number of rotatable bonds is 5. The van der Waals surface area contributed by atoms with Crippen LogP contribution in [-0.2, 0) is 22.5 Å². The van der Waals surface area contributed by atoms with E-state index in [9.17, 15) is 4.79 Å². The summed E-state index contributed by atoms with van der Waals surface area (Å²) >= 11 is 0. The third-order valence-corrected chi connectivity index (χ3v) is 4.70. The zero-order valence-corrected chi connectivity index (χ0v) is 18.6. The van der Waals surface area contributed by atoms with Crippen LogP contribution in [0.1, 0.15) is 30.9 Å². The van der Waals surface area contributed by atoms with Crippen LogP contribution in [0, 0.1) is 6.92 Å². The number of ether oxygens (including phenoxy) is 1. The Balaban J connectivity index is 0.00000261. The molecule has 2 aliphatic rings. The lowest BCUT2D eigenvalue weighted by Gasteiger charge is -2.26. The van der Waals surface area contributed by atoms with E-state index in [-0.39, 0.29) is 48.6 Å². The first-order valence-electron chi connectivity index (χ1n) is 9.28. The molecule has 0 spiro atoms. The summed E-state index contributed by atoms with van der Waals surface area (Å²) in [5, 5.41) is 11.2. The molecule has 0 saturated carbocycles. The summed E-state index contributed by atoms with van der Waals surface area (Å²) in [6, 6.07) is 0.203. The van der Waals surface area contributed by atoms with Crippen molar-refractivity contribution in [1.29, 1.82) is 0 Å². The zero-order chi connectivity index (χ0) is 18.5. The number of amides is 1. The molecule has 9 nitrogen and oxygen atoms in total. The van der Waals surface area contributed by atoms with E-state index < -0.39 is 0 Å². The number of aryl methyl sites for hydroxylation is 2. The van der Waals surface area contributed by atoms with Gasteiger partial charge < -0.3 is 20.3 Å². The van der Waals surface area contributed by atoms with Gasteiger partial charge >= 0.3 is 0 Å². The van der Waals surface area contributed by atoms with Gasteiger partial charge in [0, 0.05) is 39.7 Å². The molecule has 0 radical (unpaired) electrons. The van der Waals surface area contributed by atoms with Gasteiger partial charge in [0.25, 0.3) is 0 Å². The molecule has 1 aromatic heterocycles. The third-order valence-electron chi connectivity index (χ3n) is 4.70. The van der Waals surface area contributed by atoms with Crippen molar-refractivity contribution in [3.63, 3.8) is 0 Å². The van der Waals surface area contributed by atoms with Gasteiger partial charge in [-0.3, -0.25) is 4.79 Å². The summed E-state index contributed by atoms with van der Waals surface area (Å²) in [6.07, 6.45) is 4.21. The molecule has 152 valence electrons. The van der Waals surface area contributed by atoms with Crippen molar-refractivity contribution in [2.24, 2.45) is 4.99 Å². The maximum atomic E-state index is 11.9. The van der Waals surface area contributed by atoms with Gasteiger partial charge in [-0.05, 0) is 26.2 Å². The van der Waals surface area contributed by atoms with E-state index in [1.807, 2.05) is 11.6 Å². The third kappa shape index (κ3) is 6.30. The Morgan fingerprint density at radius 1 is 1.41 bits per heavy atom. The van der Waals surface area contributed by atoms with Crippen LogP contribution in [0.3, 0.4) is 0 Å². The van der Waals surface area contributed by atoms with E-state index in [1.165, 1.54) is 0 Å². The Bertz CT molecular complexity index is 656. The number of aromatic nitrogens is 3. The molecule has 2 N–H and O–H groups in total. The highest BCUT2D eigenvalue weighted by molar-refractivity contribution is 14.0. The molecule has 0 aromatic carbocycles. The second-order valence-electron chi connectivity index (χ2n) is 7.11.